The highest BCUT2D eigenvalue weighted by Crippen LogP contribution is 2.14. The van der Waals surface area contributed by atoms with Crippen molar-refractivity contribution in [3.05, 3.63) is 0 Å². The smallest absolute Gasteiger partial charge is 0.224 e. The number of carbonyl (C=O) groups excluding carboxylic acids is 1. The summed E-state index contributed by atoms with van der Waals surface area (Å²) in [4.78, 5) is 12.1. The Morgan fingerprint density at radius 1 is 0.714 bits per heavy atom. The van der Waals surface area contributed by atoms with Crippen LogP contribution in [0.25, 0.3) is 0 Å². The van der Waals surface area contributed by atoms with E-state index in [1.807, 2.05) is 0 Å². The minimum absolute atomic E-state index is 0.250. The molecule has 0 rings (SSSR count). The van der Waals surface area contributed by atoms with Gasteiger partial charge in [0.25, 0.3) is 0 Å². The van der Waals surface area contributed by atoms with Crippen LogP contribution in [0.15, 0.2) is 0 Å². The first-order chi connectivity index (χ1) is 16.7. The molecule has 0 saturated heterocycles. The predicted octanol–water partition coefficient (Wildman–Crippen LogP) is 6.68. The van der Waals surface area contributed by atoms with Gasteiger partial charge in [-0.1, -0.05) is 104 Å². The third kappa shape index (κ3) is 26.2. The van der Waals surface area contributed by atoms with Crippen LogP contribution in [-0.4, -0.2) is 56.8 Å². The van der Waals surface area contributed by atoms with Crippen molar-refractivity contribution >= 4 is 16.3 Å². The molecule has 0 aromatic rings. The number of quaternary nitrogens is 1. The molecule has 35 heavy (non-hydrogen) atoms. The molecule has 0 atom stereocenters. The fourth-order valence-electron chi connectivity index (χ4n) is 4.32. The summed E-state index contributed by atoms with van der Waals surface area (Å²) in [6, 6.07) is 0. The lowest BCUT2D eigenvalue weighted by molar-refractivity contribution is -0.926. The molecule has 0 saturated carbocycles. The second-order valence-electron chi connectivity index (χ2n) is 9.73. The van der Waals surface area contributed by atoms with Crippen LogP contribution < -0.4 is 5.32 Å². The number of hydrogen-bond donors (Lipinski definition) is 1. The third-order valence-electron chi connectivity index (χ3n) is 6.86. The molecule has 1 N–H and O–H groups in total. The summed E-state index contributed by atoms with van der Waals surface area (Å²) in [6.45, 7) is 13.2. The first-order valence-corrected chi connectivity index (χ1v) is 15.7. The average molecular weight is 523 g/mol. The van der Waals surface area contributed by atoms with Gasteiger partial charge in [-0.15, -0.1) is 0 Å². The van der Waals surface area contributed by atoms with E-state index < -0.39 is 10.4 Å². The van der Waals surface area contributed by atoms with Gasteiger partial charge in [0.15, 0.2) is 6.67 Å². The summed E-state index contributed by atoms with van der Waals surface area (Å²) in [5, 5.41) is 3.19. The Bertz CT molecular complexity index is 566. The molecule has 1 amide bonds. The Kier molecular flexibility index (Phi) is 26.0. The first kappa shape index (κ1) is 36.5. The Morgan fingerprint density at radius 3 is 1.40 bits per heavy atom. The van der Waals surface area contributed by atoms with Crippen molar-refractivity contribution in [3.63, 3.8) is 0 Å². The number of rotatable bonds is 23. The number of amides is 1. The molecule has 7 nitrogen and oxygen atoms in total. The maximum atomic E-state index is 12.1. The molecular formula is C27H58N2O5S. The topological polar surface area (TPSA) is 95.5 Å². The van der Waals surface area contributed by atoms with Crippen LogP contribution in [-0.2, 0) is 19.4 Å². The standard InChI is InChI=1S/C26H54N2O.CH4O4S/c1-5-9-10-11-12-13-14-15-16-17-18-19-20-21-22-23-26(29)27-25-28(7-3,8-4)24-6-2;1-5-6(2,3)4/h5-25H2,1-4H3;1H3,(H,2,3,4). The Hall–Kier alpha value is -0.700. The predicted molar refractivity (Wildman–Crippen MR) is 146 cm³/mol. The maximum Gasteiger partial charge on any atom is 0.224 e. The third-order valence-corrected chi connectivity index (χ3v) is 7.27. The van der Waals surface area contributed by atoms with Crippen LogP contribution in [0.2, 0.25) is 0 Å². The Labute approximate surface area is 218 Å². The van der Waals surface area contributed by atoms with Crippen molar-refractivity contribution < 1.29 is 26.4 Å². The molecule has 212 valence electrons. The van der Waals surface area contributed by atoms with Gasteiger partial charge < -0.3 is 14.4 Å². The van der Waals surface area contributed by atoms with E-state index in [0.717, 1.165) is 44.3 Å². The highest BCUT2D eigenvalue weighted by atomic mass is 32.3. The van der Waals surface area contributed by atoms with E-state index in [1.54, 1.807) is 0 Å². The average Bonchev–Trinajstić information content (AvgIpc) is 2.84. The van der Waals surface area contributed by atoms with E-state index in [9.17, 15) is 17.8 Å². The van der Waals surface area contributed by atoms with Gasteiger partial charge in [-0.25, -0.2) is 8.42 Å². The molecular weight excluding hydrogens is 464 g/mol. The van der Waals surface area contributed by atoms with Gasteiger partial charge in [-0.05, 0) is 26.7 Å². The van der Waals surface area contributed by atoms with Crippen LogP contribution in [0, 0.1) is 0 Å². The lowest BCUT2D eigenvalue weighted by Gasteiger charge is -2.36. The van der Waals surface area contributed by atoms with Gasteiger partial charge in [0.05, 0.1) is 26.7 Å². The van der Waals surface area contributed by atoms with Gasteiger partial charge in [-0.3, -0.25) is 8.98 Å². The number of hydrogen-bond acceptors (Lipinski definition) is 5. The molecule has 8 heteroatoms. The van der Waals surface area contributed by atoms with Crippen molar-refractivity contribution in [1.82, 2.24) is 5.32 Å². The van der Waals surface area contributed by atoms with Crippen molar-refractivity contribution in [3.8, 4) is 0 Å². The van der Waals surface area contributed by atoms with Crippen LogP contribution in [0.5, 0.6) is 0 Å². The van der Waals surface area contributed by atoms with Gasteiger partial charge >= 0.3 is 0 Å². The van der Waals surface area contributed by atoms with Gasteiger partial charge in [0, 0.05) is 6.42 Å². The maximum absolute atomic E-state index is 12.1. The minimum atomic E-state index is -4.41. The second kappa shape index (κ2) is 25.0. The van der Waals surface area contributed by atoms with Gasteiger partial charge in [0.1, 0.15) is 0 Å². The summed E-state index contributed by atoms with van der Waals surface area (Å²) in [6.07, 6.45) is 22.4. The van der Waals surface area contributed by atoms with Crippen molar-refractivity contribution in [2.45, 2.75) is 137 Å². The van der Waals surface area contributed by atoms with Gasteiger partial charge in [-0.2, -0.15) is 0 Å². The Balaban J connectivity index is 0. The fraction of sp³-hybridized carbons (Fsp3) is 0.963. The van der Waals surface area contributed by atoms with E-state index in [-0.39, 0.29) is 5.91 Å². The molecule has 0 bridgehead atoms. The molecule has 0 radical (unpaired) electrons. The lowest BCUT2D eigenvalue weighted by Crippen LogP contribution is -2.54. The quantitative estimate of drug-likeness (QED) is 0.0531. The summed E-state index contributed by atoms with van der Waals surface area (Å²) in [5.74, 6) is 0.250. The molecule has 0 unspecified atom stereocenters. The summed E-state index contributed by atoms with van der Waals surface area (Å²) in [7, 11) is -3.60. The van der Waals surface area contributed by atoms with Crippen LogP contribution >= 0.6 is 0 Å². The Morgan fingerprint density at radius 2 is 1.09 bits per heavy atom. The summed E-state index contributed by atoms with van der Waals surface area (Å²) >= 11 is 0. The molecule has 0 aromatic carbocycles. The SMILES string of the molecule is CCCCCCCCCCCCCCCCCC(=O)NC[N+](CC)(CC)CCC.COS(=O)(=O)[O-]. The molecule has 0 heterocycles. The largest absolute Gasteiger partial charge is 0.726 e. The molecule has 0 aliphatic heterocycles. The van der Waals surface area contributed by atoms with Crippen LogP contribution in [0.3, 0.4) is 0 Å². The lowest BCUT2D eigenvalue weighted by atomic mass is 10.0. The van der Waals surface area contributed by atoms with Gasteiger partial charge in [0.2, 0.25) is 16.3 Å². The van der Waals surface area contributed by atoms with Crippen molar-refractivity contribution in [2.24, 2.45) is 0 Å². The highest BCUT2D eigenvalue weighted by molar-refractivity contribution is 7.80. The summed E-state index contributed by atoms with van der Waals surface area (Å²) < 4.78 is 32.0. The first-order valence-electron chi connectivity index (χ1n) is 14.3. The second-order valence-corrected chi connectivity index (χ2v) is 10.9. The number of unbranched alkanes of at least 4 members (excludes halogenated alkanes) is 14. The number of carbonyl (C=O) groups is 1. The van der Waals surface area contributed by atoms with E-state index in [1.165, 1.54) is 96.3 Å². The van der Waals surface area contributed by atoms with E-state index in [0.29, 0.717) is 6.42 Å². The minimum Gasteiger partial charge on any atom is -0.726 e. The normalized spacial score (nSPS) is 11.7. The number of nitrogens with zero attached hydrogens (tertiary/aromatic N) is 1. The molecule has 0 fully saturated rings. The summed E-state index contributed by atoms with van der Waals surface area (Å²) in [5.41, 5.74) is 0. The van der Waals surface area contributed by atoms with E-state index in [2.05, 4.69) is 37.2 Å². The molecule has 0 spiro atoms. The van der Waals surface area contributed by atoms with Crippen LogP contribution in [0.1, 0.15) is 137 Å². The van der Waals surface area contributed by atoms with Crippen LogP contribution in [0.4, 0.5) is 0 Å². The van der Waals surface area contributed by atoms with E-state index in [4.69, 9.17) is 0 Å². The number of nitrogens with one attached hydrogen (secondary N) is 1. The zero-order valence-corrected chi connectivity index (χ0v) is 24.6. The molecule has 0 aliphatic rings. The highest BCUT2D eigenvalue weighted by Gasteiger charge is 2.22. The molecule has 0 aliphatic carbocycles. The van der Waals surface area contributed by atoms with E-state index >= 15 is 0 Å². The fourth-order valence-corrected chi connectivity index (χ4v) is 4.32. The zero-order chi connectivity index (χ0) is 26.8. The van der Waals surface area contributed by atoms with Crippen molar-refractivity contribution in [1.29, 1.82) is 0 Å². The zero-order valence-electron chi connectivity index (χ0n) is 23.7. The monoisotopic (exact) mass is 522 g/mol. The van der Waals surface area contributed by atoms with Crippen molar-refractivity contribution in [2.75, 3.05) is 33.4 Å². The molecule has 0 aromatic heterocycles.